The Kier molecular flexibility index (Phi) is 7.44. The van der Waals surface area contributed by atoms with E-state index in [4.69, 9.17) is 0 Å². The summed E-state index contributed by atoms with van der Waals surface area (Å²) in [6.45, 7) is 10.1. The first-order valence-electron chi connectivity index (χ1n) is 11.9. The summed E-state index contributed by atoms with van der Waals surface area (Å²) < 4.78 is 40.7. The fourth-order valence-corrected chi connectivity index (χ4v) is 4.14. The van der Waals surface area contributed by atoms with Gasteiger partial charge in [-0.2, -0.15) is 23.1 Å². The van der Waals surface area contributed by atoms with E-state index in [1.165, 1.54) is 12.1 Å². The number of imidazole rings is 1. The topological polar surface area (TPSA) is 70.9 Å². The van der Waals surface area contributed by atoms with Crippen molar-refractivity contribution in [1.29, 1.82) is 0 Å². The fraction of sp³-hybridized carbons (Fsp3) is 0.346. The number of hydrogen-bond donors (Lipinski definition) is 2. The Bertz CT molecular complexity index is 1270. The van der Waals surface area contributed by atoms with Crippen molar-refractivity contribution in [2.75, 3.05) is 23.7 Å². The highest BCUT2D eigenvalue weighted by atomic mass is 19.4. The van der Waals surface area contributed by atoms with Crippen LogP contribution >= 0.6 is 0 Å². The van der Waals surface area contributed by atoms with E-state index in [2.05, 4.69) is 58.2 Å². The van der Waals surface area contributed by atoms with Gasteiger partial charge in [-0.3, -0.25) is 9.47 Å². The zero-order chi connectivity index (χ0) is 25.9. The first-order valence-corrected chi connectivity index (χ1v) is 11.9. The SMILES string of the molecule is CC(C)N(CCNc1nc(Nc2ccc(C(F)(F)F)cc2)nc2c1ncn2-c1ccccc1)C(C)C. The highest BCUT2D eigenvalue weighted by Gasteiger charge is 2.30. The number of alkyl halides is 3. The number of para-hydroxylation sites is 1. The molecule has 0 amide bonds. The second-order valence-corrected chi connectivity index (χ2v) is 9.07. The van der Waals surface area contributed by atoms with Gasteiger partial charge < -0.3 is 10.6 Å². The minimum atomic E-state index is -4.40. The molecule has 190 valence electrons. The Morgan fingerprint density at radius 2 is 1.58 bits per heavy atom. The maximum Gasteiger partial charge on any atom is 0.416 e. The number of nitrogens with zero attached hydrogens (tertiary/aromatic N) is 5. The van der Waals surface area contributed by atoms with E-state index in [-0.39, 0.29) is 5.95 Å². The van der Waals surface area contributed by atoms with Crippen LogP contribution in [0.5, 0.6) is 0 Å². The average Bonchev–Trinajstić information content (AvgIpc) is 3.26. The van der Waals surface area contributed by atoms with Crippen molar-refractivity contribution in [1.82, 2.24) is 24.4 Å². The number of rotatable bonds is 9. The molecule has 0 aliphatic carbocycles. The largest absolute Gasteiger partial charge is 0.416 e. The summed E-state index contributed by atoms with van der Waals surface area (Å²) in [7, 11) is 0. The monoisotopic (exact) mass is 497 g/mol. The molecule has 2 N–H and O–H groups in total. The zero-order valence-electron chi connectivity index (χ0n) is 20.7. The predicted octanol–water partition coefficient (Wildman–Crippen LogP) is 6.11. The molecular formula is C26H30F3N7. The van der Waals surface area contributed by atoms with E-state index in [1.807, 2.05) is 34.9 Å². The fourth-order valence-electron chi connectivity index (χ4n) is 4.14. The minimum Gasteiger partial charge on any atom is -0.367 e. The van der Waals surface area contributed by atoms with Gasteiger partial charge in [-0.1, -0.05) is 18.2 Å². The molecule has 0 fully saturated rings. The van der Waals surface area contributed by atoms with E-state index >= 15 is 0 Å². The number of hydrogen-bond acceptors (Lipinski definition) is 6. The molecule has 4 aromatic rings. The summed E-state index contributed by atoms with van der Waals surface area (Å²) >= 11 is 0. The van der Waals surface area contributed by atoms with Gasteiger partial charge >= 0.3 is 6.18 Å². The van der Waals surface area contributed by atoms with E-state index in [9.17, 15) is 13.2 Å². The van der Waals surface area contributed by atoms with Gasteiger partial charge in [-0.05, 0) is 64.1 Å². The molecule has 2 aromatic carbocycles. The summed E-state index contributed by atoms with van der Waals surface area (Å²) in [6, 6.07) is 15.2. The van der Waals surface area contributed by atoms with Crippen LogP contribution in [-0.2, 0) is 6.18 Å². The Hall–Kier alpha value is -3.66. The molecule has 4 rings (SSSR count). The van der Waals surface area contributed by atoms with Crippen molar-refractivity contribution in [3.63, 3.8) is 0 Å². The lowest BCUT2D eigenvalue weighted by Crippen LogP contribution is -2.40. The van der Waals surface area contributed by atoms with Gasteiger partial charge in [-0.15, -0.1) is 0 Å². The zero-order valence-corrected chi connectivity index (χ0v) is 20.7. The van der Waals surface area contributed by atoms with Gasteiger partial charge in [0.15, 0.2) is 17.0 Å². The molecule has 0 radical (unpaired) electrons. The Morgan fingerprint density at radius 1 is 0.917 bits per heavy atom. The van der Waals surface area contributed by atoms with Crippen LogP contribution in [0.15, 0.2) is 60.9 Å². The van der Waals surface area contributed by atoms with Crippen molar-refractivity contribution in [3.8, 4) is 5.69 Å². The second kappa shape index (κ2) is 10.5. The molecule has 0 aliphatic heterocycles. The van der Waals surface area contributed by atoms with Gasteiger partial charge in [-0.25, -0.2) is 4.98 Å². The average molecular weight is 498 g/mol. The normalized spacial score (nSPS) is 12.2. The number of benzene rings is 2. The predicted molar refractivity (Wildman–Crippen MR) is 137 cm³/mol. The maximum atomic E-state index is 13.0. The molecule has 2 aromatic heterocycles. The van der Waals surface area contributed by atoms with Crippen LogP contribution < -0.4 is 10.6 Å². The van der Waals surface area contributed by atoms with E-state index in [1.54, 1.807) is 6.33 Å². The van der Waals surface area contributed by atoms with E-state index in [0.29, 0.717) is 41.3 Å². The van der Waals surface area contributed by atoms with Crippen molar-refractivity contribution in [2.24, 2.45) is 0 Å². The van der Waals surface area contributed by atoms with E-state index in [0.717, 1.165) is 24.4 Å². The first-order chi connectivity index (χ1) is 17.1. The Morgan fingerprint density at radius 3 is 2.19 bits per heavy atom. The molecule has 0 saturated heterocycles. The molecule has 0 saturated carbocycles. The van der Waals surface area contributed by atoms with Crippen LogP contribution in [0.3, 0.4) is 0 Å². The van der Waals surface area contributed by atoms with Crippen molar-refractivity contribution < 1.29 is 13.2 Å². The standard InChI is InChI=1S/C26H30F3N7/c1-17(2)35(18(3)4)15-14-30-23-22-24(36(16-31-22)21-8-6-5-7-9-21)34-25(33-23)32-20-12-10-19(11-13-20)26(27,28)29/h5-13,16-18H,14-15H2,1-4H3,(H2,30,32,33,34). The Labute approximate surface area is 208 Å². The number of anilines is 3. The number of nitrogens with one attached hydrogen (secondary N) is 2. The quantitative estimate of drug-likeness (QED) is 0.291. The highest BCUT2D eigenvalue weighted by molar-refractivity contribution is 5.86. The lowest BCUT2D eigenvalue weighted by molar-refractivity contribution is -0.137. The second-order valence-electron chi connectivity index (χ2n) is 9.07. The molecule has 0 unspecified atom stereocenters. The van der Waals surface area contributed by atoms with Gasteiger partial charge in [0.05, 0.1) is 5.56 Å². The third kappa shape index (κ3) is 5.76. The van der Waals surface area contributed by atoms with Crippen LogP contribution in [-0.4, -0.2) is 49.6 Å². The molecule has 10 heteroatoms. The summed E-state index contributed by atoms with van der Waals surface area (Å²) in [4.78, 5) is 16.2. The highest BCUT2D eigenvalue weighted by Crippen LogP contribution is 2.31. The number of fused-ring (bicyclic) bond motifs is 1. The van der Waals surface area contributed by atoms with E-state index < -0.39 is 11.7 Å². The molecule has 0 bridgehead atoms. The lowest BCUT2D eigenvalue weighted by atomic mass is 10.2. The van der Waals surface area contributed by atoms with Crippen LogP contribution in [0.2, 0.25) is 0 Å². The summed E-state index contributed by atoms with van der Waals surface area (Å²) in [6.07, 6.45) is -2.70. The Balaban J connectivity index is 1.67. The van der Waals surface area contributed by atoms with Gasteiger partial charge in [0, 0.05) is 36.5 Å². The third-order valence-corrected chi connectivity index (χ3v) is 5.89. The molecule has 36 heavy (non-hydrogen) atoms. The van der Waals surface area contributed by atoms with Crippen LogP contribution in [0.4, 0.5) is 30.6 Å². The van der Waals surface area contributed by atoms with Gasteiger partial charge in [0.1, 0.15) is 6.33 Å². The van der Waals surface area contributed by atoms with Crippen LogP contribution in [0, 0.1) is 0 Å². The van der Waals surface area contributed by atoms with Crippen molar-refractivity contribution in [2.45, 2.75) is 46.0 Å². The molecule has 0 spiro atoms. The molecule has 0 atom stereocenters. The van der Waals surface area contributed by atoms with Crippen LogP contribution in [0.25, 0.3) is 16.9 Å². The van der Waals surface area contributed by atoms with Gasteiger partial charge in [0.2, 0.25) is 5.95 Å². The number of halogens is 3. The molecular weight excluding hydrogens is 467 g/mol. The number of aromatic nitrogens is 4. The minimum absolute atomic E-state index is 0.256. The third-order valence-electron chi connectivity index (χ3n) is 5.89. The summed E-state index contributed by atoms with van der Waals surface area (Å²) in [5.41, 5.74) is 1.81. The van der Waals surface area contributed by atoms with Crippen LogP contribution in [0.1, 0.15) is 33.3 Å². The van der Waals surface area contributed by atoms with Gasteiger partial charge in [0.25, 0.3) is 0 Å². The first kappa shape index (κ1) is 25.4. The summed E-state index contributed by atoms with van der Waals surface area (Å²) in [5, 5.41) is 6.43. The maximum absolute atomic E-state index is 13.0. The lowest BCUT2D eigenvalue weighted by Gasteiger charge is -2.30. The van der Waals surface area contributed by atoms with Crippen molar-refractivity contribution in [3.05, 3.63) is 66.5 Å². The molecule has 0 aliphatic rings. The molecule has 7 nitrogen and oxygen atoms in total. The smallest absolute Gasteiger partial charge is 0.367 e. The summed E-state index contributed by atoms with van der Waals surface area (Å²) in [5.74, 6) is 0.809. The van der Waals surface area contributed by atoms with Crippen molar-refractivity contribution >= 4 is 28.6 Å². The molecule has 2 heterocycles.